The largest absolute Gasteiger partial charge is 0.298 e. The maximum absolute atomic E-state index is 13.1. The molecule has 1 nitrogen and oxygen atoms in total. The molecular formula is C9H4ClFOS. The molecule has 0 aliphatic heterocycles. The molecule has 1 aromatic heterocycles. The van der Waals surface area contributed by atoms with Gasteiger partial charge in [0.1, 0.15) is 5.82 Å². The van der Waals surface area contributed by atoms with Crippen LogP contribution in [-0.4, -0.2) is 6.29 Å². The molecule has 2 rings (SSSR count). The van der Waals surface area contributed by atoms with E-state index < -0.39 is 5.82 Å². The van der Waals surface area contributed by atoms with E-state index in [-0.39, 0.29) is 5.56 Å². The van der Waals surface area contributed by atoms with Crippen LogP contribution in [0.1, 0.15) is 10.4 Å². The van der Waals surface area contributed by atoms with E-state index in [1.54, 1.807) is 11.4 Å². The van der Waals surface area contributed by atoms with E-state index >= 15 is 0 Å². The SMILES string of the molecule is O=Cc1c(F)cc(Cl)c2ccsc12. The van der Waals surface area contributed by atoms with Crippen molar-refractivity contribution >= 4 is 39.3 Å². The van der Waals surface area contributed by atoms with Crippen LogP contribution in [0.15, 0.2) is 17.5 Å². The number of hydrogen-bond donors (Lipinski definition) is 0. The monoisotopic (exact) mass is 214 g/mol. The summed E-state index contributed by atoms with van der Waals surface area (Å²) in [5.74, 6) is -0.560. The summed E-state index contributed by atoms with van der Waals surface area (Å²) in [6.07, 6.45) is 0.518. The lowest BCUT2D eigenvalue weighted by Gasteiger charge is -1.98. The van der Waals surface area contributed by atoms with Crippen LogP contribution in [0.4, 0.5) is 4.39 Å². The second kappa shape index (κ2) is 3.09. The van der Waals surface area contributed by atoms with Crippen molar-refractivity contribution in [1.29, 1.82) is 0 Å². The Balaban J connectivity index is 2.96. The molecule has 4 heteroatoms. The summed E-state index contributed by atoms with van der Waals surface area (Å²) in [5, 5.41) is 2.86. The van der Waals surface area contributed by atoms with Crippen molar-refractivity contribution in [2.24, 2.45) is 0 Å². The van der Waals surface area contributed by atoms with Gasteiger partial charge in [0.15, 0.2) is 6.29 Å². The highest BCUT2D eigenvalue weighted by Crippen LogP contribution is 2.31. The molecule has 0 spiro atoms. The van der Waals surface area contributed by atoms with E-state index in [0.29, 0.717) is 16.0 Å². The molecule has 13 heavy (non-hydrogen) atoms. The van der Waals surface area contributed by atoms with E-state index in [1.165, 1.54) is 17.4 Å². The van der Waals surface area contributed by atoms with Crippen LogP contribution in [0.5, 0.6) is 0 Å². The molecule has 2 aromatic rings. The van der Waals surface area contributed by atoms with Gasteiger partial charge in [0, 0.05) is 10.1 Å². The maximum atomic E-state index is 13.1. The average Bonchev–Trinajstić information content (AvgIpc) is 2.53. The fourth-order valence-corrected chi connectivity index (χ4v) is 2.42. The van der Waals surface area contributed by atoms with Crippen LogP contribution in [0.3, 0.4) is 0 Å². The zero-order valence-corrected chi connectivity index (χ0v) is 7.95. The predicted octanol–water partition coefficient (Wildman–Crippen LogP) is 3.51. The third kappa shape index (κ3) is 1.24. The Morgan fingerprint density at radius 1 is 1.54 bits per heavy atom. The molecule has 0 bridgehead atoms. The van der Waals surface area contributed by atoms with Gasteiger partial charge in [0.05, 0.1) is 10.6 Å². The number of benzene rings is 1. The molecule has 1 aromatic carbocycles. The van der Waals surface area contributed by atoms with Crippen LogP contribution < -0.4 is 0 Å². The van der Waals surface area contributed by atoms with Crippen molar-refractivity contribution < 1.29 is 9.18 Å². The first-order valence-electron chi connectivity index (χ1n) is 3.54. The maximum Gasteiger partial charge on any atom is 0.154 e. The fraction of sp³-hybridized carbons (Fsp3) is 0. The summed E-state index contributed by atoms with van der Waals surface area (Å²) in [6.45, 7) is 0. The van der Waals surface area contributed by atoms with Crippen LogP contribution in [0.2, 0.25) is 5.02 Å². The number of fused-ring (bicyclic) bond motifs is 1. The lowest BCUT2D eigenvalue weighted by atomic mass is 10.2. The zero-order chi connectivity index (χ0) is 9.42. The molecule has 0 aliphatic rings. The number of carbonyl (C=O) groups excluding carboxylic acids is 1. The Hall–Kier alpha value is -0.930. The second-order valence-electron chi connectivity index (χ2n) is 2.54. The Kier molecular flexibility index (Phi) is 2.06. The van der Waals surface area contributed by atoms with E-state index in [4.69, 9.17) is 11.6 Å². The van der Waals surface area contributed by atoms with Crippen molar-refractivity contribution in [2.75, 3.05) is 0 Å². The molecule has 0 aliphatic carbocycles. The normalized spacial score (nSPS) is 10.6. The summed E-state index contributed by atoms with van der Waals surface area (Å²) in [7, 11) is 0. The van der Waals surface area contributed by atoms with Crippen molar-refractivity contribution in [3.8, 4) is 0 Å². The minimum absolute atomic E-state index is 0.0920. The smallest absolute Gasteiger partial charge is 0.154 e. The van der Waals surface area contributed by atoms with Crippen molar-refractivity contribution in [3.05, 3.63) is 33.9 Å². The topological polar surface area (TPSA) is 17.1 Å². The Morgan fingerprint density at radius 2 is 2.31 bits per heavy atom. The minimum atomic E-state index is -0.560. The van der Waals surface area contributed by atoms with E-state index in [1.807, 2.05) is 0 Å². The number of aldehydes is 1. The van der Waals surface area contributed by atoms with Crippen molar-refractivity contribution in [2.45, 2.75) is 0 Å². The average molecular weight is 215 g/mol. The standard InChI is InChI=1S/C9H4ClFOS/c10-7-3-8(11)6(4-12)9-5(7)1-2-13-9/h1-4H. The van der Waals surface area contributed by atoms with E-state index in [2.05, 4.69) is 0 Å². The molecule has 0 amide bonds. The molecule has 0 saturated heterocycles. The zero-order valence-electron chi connectivity index (χ0n) is 6.38. The highest BCUT2D eigenvalue weighted by molar-refractivity contribution is 7.17. The Bertz CT molecular complexity index is 478. The molecule has 0 radical (unpaired) electrons. The summed E-state index contributed by atoms with van der Waals surface area (Å²) >= 11 is 7.09. The highest BCUT2D eigenvalue weighted by Gasteiger charge is 2.11. The fourth-order valence-electron chi connectivity index (χ4n) is 1.19. The van der Waals surface area contributed by atoms with Gasteiger partial charge in [-0.3, -0.25) is 4.79 Å². The number of halogens is 2. The first-order chi connectivity index (χ1) is 6.24. The predicted molar refractivity (Wildman–Crippen MR) is 52.2 cm³/mol. The van der Waals surface area contributed by atoms with Gasteiger partial charge in [-0.15, -0.1) is 11.3 Å². The highest BCUT2D eigenvalue weighted by atomic mass is 35.5. The van der Waals surface area contributed by atoms with Gasteiger partial charge >= 0.3 is 0 Å². The molecule has 0 saturated carbocycles. The Labute approximate surface area is 82.7 Å². The van der Waals surface area contributed by atoms with Gasteiger partial charge < -0.3 is 0 Å². The lowest BCUT2D eigenvalue weighted by molar-refractivity contribution is 0.112. The number of carbonyl (C=O) groups is 1. The van der Waals surface area contributed by atoms with Gasteiger partial charge in [0.25, 0.3) is 0 Å². The first-order valence-corrected chi connectivity index (χ1v) is 4.80. The molecule has 66 valence electrons. The summed E-state index contributed by atoms with van der Waals surface area (Å²) in [6, 6.07) is 2.94. The van der Waals surface area contributed by atoms with Gasteiger partial charge in [-0.2, -0.15) is 0 Å². The van der Waals surface area contributed by atoms with Gasteiger partial charge in [0.2, 0.25) is 0 Å². The molecule has 0 fully saturated rings. The third-order valence-corrected chi connectivity index (χ3v) is 3.06. The minimum Gasteiger partial charge on any atom is -0.298 e. The van der Waals surface area contributed by atoms with Crippen LogP contribution in [0.25, 0.3) is 10.1 Å². The summed E-state index contributed by atoms with van der Waals surface area (Å²) in [4.78, 5) is 10.6. The molecule has 1 heterocycles. The van der Waals surface area contributed by atoms with Crippen LogP contribution in [-0.2, 0) is 0 Å². The number of hydrogen-bond acceptors (Lipinski definition) is 2. The van der Waals surface area contributed by atoms with E-state index in [9.17, 15) is 9.18 Å². The van der Waals surface area contributed by atoms with Crippen LogP contribution >= 0.6 is 22.9 Å². The lowest BCUT2D eigenvalue weighted by Crippen LogP contribution is -1.87. The van der Waals surface area contributed by atoms with Gasteiger partial charge in [-0.25, -0.2) is 4.39 Å². The number of rotatable bonds is 1. The Morgan fingerprint density at radius 3 is 3.00 bits per heavy atom. The molecule has 0 atom stereocenters. The third-order valence-electron chi connectivity index (χ3n) is 1.80. The van der Waals surface area contributed by atoms with Crippen molar-refractivity contribution in [3.63, 3.8) is 0 Å². The molecule has 0 unspecified atom stereocenters. The van der Waals surface area contributed by atoms with Crippen molar-refractivity contribution in [1.82, 2.24) is 0 Å². The molecule has 0 N–H and O–H groups in total. The van der Waals surface area contributed by atoms with Gasteiger partial charge in [-0.1, -0.05) is 11.6 Å². The second-order valence-corrected chi connectivity index (χ2v) is 3.86. The number of thiophene rings is 1. The molecular weight excluding hydrogens is 211 g/mol. The quantitative estimate of drug-likeness (QED) is 0.664. The van der Waals surface area contributed by atoms with E-state index in [0.717, 1.165) is 5.39 Å². The first kappa shape index (κ1) is 8.66. The summed E-state index contributed by atoms with van der Waals surface area (Å²) in [5.41, 5.74) is 0.0920. The summed E-state index contributed by atoms with van der Waals surface area (Å²) < 4.78 is 13.8. The van der Waals surface area contributed by atoms with Crippen LogP contribution in [0, 0.1) is 5.82 Å². The van der Waals surface area contributed by atoms with Gasteiger partial charge in [-0.05, 0) is 17.5 Å².